The molecule has 0 saturated heterocycles. The first-order valence-electron chi connectivity index (χ1n) is 5.72. The molecule has 2 heteroatoms. The number of rotatable bonds is 3. The third kappa shape index (κ3) is 19.6. The molecule has 0 radical (unpaired) electrons. The lowest BCUT2D eigenvalue weighted by molar-refractivity contribution is 0.290. The van der Waals surface area contributed by atoms with E-state index in [9.17, 15) is 0 Å². The molecule has 0 unspecified atom stereocenters. The third-order valence-electron chi connectivity index (χ3n) is 1.37. The smallest absolute Gasteiger partial charge is 0.0953 e. The van der Waals surface area contributed by atoms with Crippen molar-refractivity contribution in [3.63, 3.8) is 0 Å². The molecular weight excluding hydrogens is 186 g/mol. The molecule has 0 aromatic heterocycles. The van der Waals surface area contributed by atoms with Crippen LogP contribution in [0.2, 0.25) is 0 Å². The summed E-state index contributed by atoms with van der Waals surface area (Å²) < 4.78 is 5.00. The number of allylic oxidation sites excluding steroid dienone is 3. The molecule has 0 atom stereocenters. The molecule has 2 N–H and O–H groups in total. The average Bonchev–Trinajstić information content (AvgIpc) is 2.28. The fraction of sp³-hybridized carbons (Fsp3) is 0.692. The van der Waals surface area contributed by atoms with Crippen molar-refractivity contribution >= 4 is 0 Å². The zero-order valence-corrected chi connectivity index (χ0v) is 11.6. The van der Waals surface area contributed by atoms with Gasteiger partial charge in [-0.05, 0) is 19.4 Å². The van der Waals surface area contributed by atoms with Gasteiger partial charge in [-0.1, -0.05) is 46.3 Å². The van der Waals surface area contributed by atoms with Gasteiger partial charge in [0.25, 0.3) is 0 Å². The van der Waals surface area contributed by atoms with E-state index in [2.05, 4.69) is 13.8 Å². The third-order valence-corrected chi connectivity index (χ3v) is 1.37. The molecule has 0 aliphatic heterocycles. The van der Waals surface area contributed by atoms with Crippen LogP contribution in [0.4, 0.5) is 0 Å². The van der Waals surface area contributed by atoms with Crippen LogP contribution in [0.5, 0.6) is 0 Å². The van der Waals surface area contributed by atoms with Gasteiger partial charge in [-0.2, -0.15) is 0 Å². The van der Waals surface area contributed by atoms with Crippen molar-refractivity contribution in [1.29, 1.82) is 0 Å². The second-order valence-electron chi connectivity index (χ2n) is 2.79. The van der Waals surface area contributed by atoms with Crippen LogP contribution in [0.3, 0.4) is 0 Å². The monoisotopic (exact) mass is 215 g/mol. The van der Waals surface area contributed by atoms with E-state index in [1.54, 1.807) is 7.11 Å². The lowest BCUT2D eigenvalue weighted by Gasteiger charge is -2.00. The Balaban J connectivity index is -0.000000245. The van der Waals surface area contributed by atoms with E-state index in [1.807, 2.05) is 39.8 Å². The van der Waals surface area contributed by atoms with Crippen molar-refractivity contribution in [2.24, 2.45) is 5.73 Å². The Morgan fingerprint density at radius 1 is 1.20 bits per heavy atom. The van der Waals surface area contributed by atoms with Gasteiger partial charge in [0.1, 0.15) is 0 Å². The maximum Gasteiger partial charge on any atom is 0.0953 e. The van der Waals surface area contributed by atoms with Gasteiger partial charge in [0.15, 0.2) is 0 Å². The van der Waals surface area contributed by atoms with Crippen molar-refractivity contribution in [3.05, 3.63) is 23.5 Å². The van der Waals surface area contributed by atoms with Crippen LogP contribution >= 0.6 is 0 Å². The van der Waals surface area contributed by atoms with Crippen molar-refractivity contribution < 1.29 is 4.74 Å². The molecule has 0 amide bonds. The van der Waals surface area contributed by atoms with Crippen LogP contribution in [0.15, 0.2) is 23.5 Å². The van der Waals surface area contributed by atoms with Gasteiger partial charge in [-0.3, -0.25) is 0 Å². The zero-order chi connectivity index (χ0) is 12.7. The summed E-state index contributed by atoms with van der Waals surface area (Å²) in [5.41, 5.74) is 6.39. The van der Waals surface area contributed by atoms with Gasteiger partial charge in [0, 0.05) is 6.54 Å². The highest BCUT2D eigenvalue weighted by Crippen LogP contribution is 2.03. The first kappa shape index (κ1) is 19.8. The van der Waals surface area contributed by atoms with Crippen LogP contribution in [0, 0.1) is 0 Å². The predicted molar refractivity (Wildman–Crippen MR) is 70.9 cm³/mol. The summed E-state index contributed by atoms with van der Waals surface area (Å²) in [6.45, 7) is 12.7. The molecule has 0 heterocycles. The van der Waals surface area contributed by atoms with Crippen LogP contribution in [0.1, 0.15) is 48.0 Å². The standard InChI is InChI=1S/C8H15NO.C3H8.C2H6/c1-7(5-4-6-9)8(2)10-3;1-3-2;1-2/h4-5H,6,9H2,1-3H3;3H2,1-2H3;1-2H3/b5-4+,8-7-;;. The Morgan fingerprint density at radius 3 is 1.87 bits per heavy atom. The molecule has 0 fully saturated rings. The van der Waals surface area contributed by atoms with Gasteiger partial charge in [0.2, 0.25) is 0 Å². The molecular formula is C13H29NO. The van der Waals surface area contributed by atoms with Crippen molar-refractivity contribution in [2.45, 2.75) is 48.0 Å². The van der Waals surface area contributed by atoms with Crippen molar-refractivity contribution in [1.82, 2.24) is 0 Å². The number of methoxy groups -OCH3 is 1. The summed E-state index contributed by atoms with van der Waals surface area (Å²) in [4.78, 5) is 0. The van der Waals surface area contributed by atoms with Gasteiger partial charge in [-0.15, -0.1) is 0 Å². The lowest BCUT2D eigenvalue weighted by Crippen LogP contribution is -1.93. The minimum Gasteiger partial charge on any atom is -0.501 e. The molecule has 0 saturated carbocycles. The molecule has 0 aliphatic rings. The van der Waals surface area contributed by atoms with Gasteiger partial charge < -0.3 is 10.5 Å². The molecule has 0 aliphatic carbocycles. The fourth-order valence-corrected chi connectivity index (χ4v) is 0.523. The van der Waals surface area contributed by atoms with Crippen molar-refractivity contribution in [2.75, 3.05) is 13.7 Å². The first-order valence-corrected chi connectivity index (χ1v) is 5.72. The van der Waals surface area contributed by atoms with Gasteiger partial charge >= 0.3 is 0 Å². The van der Waals surface area contributed by atoms with E-state index in [4.69, 9.17) is 10.5 Å². The number of hydrogen-bond donors (Lipinski definition) is 1. The fourth-order valence-electron chi connectivity index (χ4n) is 0.523. The van der Waals surface area contributed by atoms with E-state index in [0.717, 1.165) is 11.3 Å². The Hall–Kier alpha value is -0.760. The largest absolute Gasteiger partial charge is 0.501 e. The van der Waals surface area contributed by atoms with E-state index in [1.165, 1.54) is 6.42 Å². The number of ether oxygens (including phenoxy) is 1. The topological polar surface area (TPSA) is 35.2 Å². The highest BCUT2D eigenvalue weighted by atomic mass is 16.5. The van der Waals surface area contributed by atoms with Crippen LogP contribution in [0.25, 0.3) is 0 Å². The minimum absolute atomic E-state index is 0.578. The van der Waals surface area contributed by atoms with Crippen molar-refractivity contribution in [3.8, 4) is 0 Å². The first-order chi connectivity index (χ1) is 7.13. The molecule has 15 heavy (non-hydrogen) atoms. The minimum atomic E-state index is 0.578. The van der Waals surface area contributed by atoms with Crippen LogP contribution in [-0.4, -0.2) is 13.7 Å². The van der Waals surface area contributed by atoms with Gasteiger partial charge in [-0.25, -0.2) is 0 Å². The highest BCUT2D eigenvalue weighted by molar-refractivity contribution is 5.18. The normalized spacial score (nSPS) is 10.7. The Kier molecular flexibility index (Phi) is 24.9. The maximum atomic E-state index is 5.27. The maximum absolute atomic E-state index is 5.27. The summed E-state index contributed by atoms with van der Waals surface area (Å²) in [6, 6.07) is 0. The van der Waals surface area contributed by atoms with Crippen LogP contribution < -0.4 is 5.73 Å². The summed E-state index contributed by atoms with van der Waals surface area (Å²) in [7, 11) is 1.66. The lowest BCUT2D eigenvalue weighted by atomic mass is 10.2. The molecule has 0 rings (SSSR count). The summed E-state index contributed by atoms with van der Waals surface area (Å²) >= 11 is 0. The Bertz CT molecular complexity index is 160. The quantitative estimate of drug-likeness (QED) is 0.572. The Morgan fingerprint density at radius 2 is 1.60 bits per heavy atom. The summed E-state index contributed by atoms with van der Waals surface area (Å²) in [5, 5.41) is 0. The summed E-state index contributed by atoms with van der Waals surface area (Å²) in [6.07, 6.45) is 5.11. The van der Waals surface area contributed by atoms with Crippen LogP contribution in [-0.2, 0) is 4.74 Å². The van der Waals surface area contributed by atoms with E-state index >= 15 is 0 Å². The Labute approximate surface area is 96.2 Å². The van der Waals surface area contributed by atoms with Gasteiger partial charge in [0.05, 0.1) is 12.9 Å². The van der Waals surface area contributed by atoms with E-state index in [-0.39, 0.29) is 0 Å². The van der Waals surface area contributed by atoms with E-state index < -0.39 is 0 Å². The molecule has 0 aromatic rings. The molecule has 92 valence electrons. The second-order valence-corrected chi connectivity index (χ2v) is 2.79. The number of hydrogen-bond acceptors (Lipinski definition) is 2. The zero-order valence-electron chi connectivity index (χ0n) is 11.6. The molecule has 0 spiro atoms. The summed E-state index contributed by atoms with van der Waals surface area (Å²) in [5.74, 6) is 0.935. The number of nitrogens with two attached hydrogens (primary N) is 1. The second kappa shape index (κ2) is 18.9. The average molecular weight is 215 g/mol. The van der Waals surface area contributed by atoms with E-state index in [0.29, 0.717) is 6.54 Å². The highest BCUT2D eigenvalue weighted by Gasteiger charge is 1.88. The predicted octanol–water partition coefficient (Wildman–Crippen LogP) is 3.88. The molecule has 0 aromatic carbocycles. The molecule has 2 nitrogen and oxygen atoms in total. The molecule has 0 bridgehead atoms. The SMILES string of the molecule is CC.CCC.CO/C(C)=C(C)\C=C\CN.